The average molecular weight is 428 g/mol. The summed E-state index contributed by atoms with van der Waals surface area (Å²) in [4.78, 5) is 29.2. The quantitative estimate of drug-likeness (QED) is 0.617. The molecule has 0 unspecified atom stereocenters. The Balaban J connectivity index is 1.96. The van der Waals surface area contributed by atoms with Crippen molar-refractivity contribution >= 4 is 17.4 Å². The first-order valence-corrected chi connectivity index (χ1v) is 9.80. The number of carbonyl (C=O) groups excluding carboxylic acids is 2. The first-order chi connectivity index (χ1) is 14.9. The molecule has 0 saturated carbocycles. The van der Waals surface area contributed by atoms with Crippen LogP contribution in [0.1, 0.15) is 11.1 Å². The molecule has 1 aliphatic heterocycles. The van der Waals surface area contributed by atoms with E-state index in [1.165, 1.54) is 31.3 Å². The molecule has 0 fully saturated rings. The van der Waals surface area contributed by atoms with Crippen LogP contribution < -0.4 is 9.47 Å². The molecule has 0 saturated heterocycles. The zero-order chi connectivity index (χ0) is 22.5. The van der Waals surface area contributed by atoms with Gasteiger partial charge in [-0.05, 0) is 41.8 Å². The lowest BCUT2D eigenvalue weighted by molar-refractivity contribution is -0.137. The second kappa shape index (κ2) is 9.61. The largest absolute Gasteiger partial charge is 0.493 e. The van der Waals surface area contributed by atoms with Gasteiger partial charge in [0, 0.05) is 20.1 Å². The van der Waals surface area contributed by atoms with Gasteiger partial charge < -0.3 is 19.5 Å². The predicted octanol–water partition coefficient (Wildman–Crippen LogP) is 2.09. The van der Waals surface area contributed by atoms with Crippen molar-refractivity contribution in [3.05, 3.63) is 65.1 Å². The molecule has 0 aromatic heterocycles. The minimum Gasteiger partial charge on any atom is -0.493 e. The number of aliphatic hydroxyl groups excluding tert-OH is 1. The Labute approximate surface area is 180 Å². The smallest absolute Gasteiger partial charge is 0.277 e. The van der Waals surface area contributed by atoms with E-state index >= 15 is 0 Å². The molecule has 1 N–H and O–H groups in total. The molecule has 8 heteroatoms. The number of halogens is 1. The van der Waals surface area contributed by atoms with Crippen LogP contribution in [-0.4, -0.2) is 67.7 Å². The number of benzene rings is 2. The van der Waals surface area contributed by atoms with Crippen LogP contribution in [0.3, 0.4) is 0 Å². The van der Waals surface area contributed by atoms with Gasteiger partial charge >= 0.3 is 0 Å². The van der Waals surface area contributed by atoms with Gasteiger partial charge in [0.1, 0.15) is 11.5 Å². The molecule has 0 radical (unpaired) electrons. The number of amides is 2. The number of nitrogens with zero attached hydrogens (tertiary/aromatic N) is 2. The summed E-state index contributed by atoms with van der Waals surface area (Å²) in [5.74, 6) is -0.280. The first kappa shape index (κ1) is 22.3. The second-order valence-corrected chi connectivity index (χ2v) is 7.08. The van der Waals surface area contributed by atoms with Crippen molar-refractivity contribution in [2.45, 2.75) is 6.42 Å². The Kier molecular flexibility index (Phi) is 6.91. The number of imide groups is 1. The molecule has 1 heterocycles. The highest BCUT2D eigenvalue weighted by Crippen LogP contribution is 2.36. The summed E-state index contributed by atoms with van der Waals surface area (Å²) in [5.41, 5.74) is 1.78. The van der Waals surface area contributed by atoms with Gasteiger partial charge in [0.25, 0.3) is 11.8 Å². The fourth-order valence-electron chi connectivity index (χ4n) is 3.53. The maximum absolute atomic E-state index is 13.3. The Morgan fingerprint density at radius 2 is 1.68 bits per heavy atom. The van der Waals surface area contributed by atoms with Gasteiger partial charge in [-0.1, -0.05) is 18.2 Å². The summed E-state index contributed by atoms with van der Waals surface area (Å²) in [5, 5.41) is 9.36. The molecule has 2 aromatic carbocycles. The highest BCUT2D eigenvalue weighted by atomic mass is 19.1. The number of hydrogen-bond acceptors (Lipinski definition) is 6. The van der Waals surface area contributed by atoms with Crippen LogP contribution in [0.5, 0.6) is 11.5 Å². The van der Waals surface area contributed by atoms with Crippen LogP contribution in [0.2, 0.25) is 0 Å². The summed E-state index contributed by atoms with van der Waals surface area (Å²) >= 11 is 0. The summed E-state index contributed by atoms with van der Waals surface area (Å²) < 4.78 is 23.7. The van der Waals surface area contributed by atoms with Gasteiger partial charge in [-0.15, -0.1) is 0 Å². The molecule has 2 amide bonds. The van der Waals surface area contributed by atoms with Crippen molar-refractivity contribution in [2.24, 2.45) is 0 Å². The molecule has 0 aliphatic carbocycles. The maximum Gasteiger partial charge on any atom is 0.277 e. The van der Waals surface area contributed by atoms with E-state index < -0.39 is 11.8 Å². The molecule has 7 nitrogen and oxygen atoms in total. The van der Waals surface area contributed by atoms with Gasteiger partial charge in [0.05, 0.1) is 26.4 Å². The number of rotatable bonds is 9. The van der Waals surface area contributed by atoms with E-state index in [1.54, 1.807) is 42.3 Å². The van der Waals surface area contributed by atoms with Crippen molar-refractivity contribution in [1.82, 2.24) is 9.80 Å². The molecule has 31 heavy (non-hydrogen) atoms. The summed E-state index contributed by atoms with van der Waals surface area (Å²) in [6, 6.07) is 11.0. The normalized spacial score (nSPS) is 13.8. The van der Waals surface area contributed by atoms with Gasteiger partial charge in [0.2, 0.25) is 0 Å². The minimum absolute atomic E-state index is 0.149. The summed E-state index contributed by atoms with van der Waals surface area (Å²) in [7, 11) is 4.66. The first-order valence-electron chi connectivity index (χ1n) is 9.80. The molecule has 1 aliphatic rings. The van der Waals surface area contributed by atoms with Gasteiger partial charge in [-0.25, -0.2) is 4.39 Å². The van der Waals surface area contributed by atoms with Crippen molar-refractivity contribution in [1.29, 1.82) is 0 Å². The summed E-state index contributed by atoms with van der Waals surface area (Å²) in [6.07, 6.45) is 0.397. The number of hydrogen-bond donors (Lipinski definition) is 1. The molecular weight excluding hydrogens is 403 g/mol. The van der Waals surface area contributed by atoms with Crippen LogP contribution in [0.25, 0.3) is 5.57 Å². The Morgan fingerprint density at radius 3 is 2.29 bits per heavy atom. The van der Waals surface area contributed by atoms with E-state index in [9.17, 15) is 19.1 Å². The van der Waals surface area contributed by atoms with Crippen LogP contribution in [0, 0.1) is 5.82 Å². The lowest BCUT2D eigenvalue weighted by atomic mass is 10.0. The highest BCUT2D eigenvalue weighted by Gasteiger charge is 2.40. The Hall–Kier alpha value is -3.39. The van der Waals surface area contributed by atoms with Crippen LogP contribution in [-0.2, 0) is 16.0 Å². The minimum atomic E-state index is -0.437. The molecule has 2 aromatic rings. The molecule has 164 valence electrons. The number of aliphatic hydroxyl groups is 1. The molecule has 0 spiro atoms. The van der Waals surface area contributed by atoms with Crippen LogP contribution in [0.15, 0.2) is 48.2 Å². The third kappa shape index (κ3) is 4.54. The maximum atomic E-state index is 13.3. The number of likely N-dealkylation sites (N-methyl/N-ethyl adjacent to an activating group) is 1. The third-order valence-corrected chi connectivity index (χ3v) is 5.17. The monoisotopic (exact) mass is 428 g/mol. The van der Waals surface area contributed by atoms with Gasteiger partial charge in [0.15, 0.2) is 11.5 Å². The Morgan fingerprint density at radius 1 is 1.00 bits per heavy atom. The zero-order valence-electron chi connectivity index (χ0n) is 17.7. The van der Waals surface area contributed by atoms with Crippen LogP contribution in [0.4, 0.5) is 4.39 Å². The van der Waals surface area contributed by atoms with E-state index in [4.69, 9.17) is 9.47 Å². The number of carbonyl (C=O) groups is 2. The lowest BCUT2D eigenvalue weighted by Crippen LogP contribution is -2.36. The Bertz CT molecular complexity index is 1000. The van der Waals surface area contributed by atoms with Gasteiger partial charge in [-0.3, -0.25) is 14.5 Å². The van der Waals surface area contributed by atoms with Crippen molar-refractivity contribution in [3.63, 3.8) is 0 Å². The SMILES string of the molecule is COc1ccc(C2=C(N(C)CCO)C(=O)N(CCc3ccc(F)cc3)C2=O)cc1OC. The zero-order valence-corrected chi connectivity index (χ0v) is 17.7. The predicted molar refractivity (Wildman–Crippen MR) is 113 cm³/mol. The van der Waals surface area contributed by atoms with Crippen molar-refractivity contribution in [3.8, 4) is 11.5 Å². The van der Waals surface area contributed by atoms with E-state index in [2.05, 4.69) is 0 Å². The molecule has 3 rings (SSSR count). The molecule has 0 bridgehead atoms. The van der Waals surface area contributed by atoms with E-state index in [0.29, 0.717) is 23.5 Å². The third-order valence-electron chi connectivity index (χ3n) is 5.17. The van der Waals surface area contributed by atoms with E-state index in [0.717, 1.165) is 5.56 Å². The van der Waals surface area contributed by atoms with Crippen LogP contribution >= 0.6 is 0 Å². The topological polar surface area (TPSA) is 79.3 Å². The van der Waals surface area contributed by atoms with Crippen molar-refractivity contribution < 1.29 is 28.6 Å². The van der Waals surface area contributed by atoms with Crippen molar-refractivity contribution in [2.75, 3.05) is 41.0 Å². The average Bonchev–Trinajstić information content (AvgIpc) is 3.02. The van der Waals surface area contributed by atoms with E-state index in [-0.39, 0.29) is 36.8 Å². The van der Waals surface area contributed by atoms with E-state index in [1.807, 2.05) is 0 Å². The fraction of sp³-hybridized carbons (Fsp3) is 0.304. The van der Waals surface area contributed by atoms with Gasteiger partial charge in [-0.2, -0.15) is 0 Å². The second-order valence-electron chi connectivity index (χ2n) is 7.08. The lowest BCUT2D eigenvalue weighted by Gasteiger charge is -2.20. The number of methoxy groups -OCH3 is 2. The highest BCUT2D eigenvalue weighted by molar-refractivity contribution is 6.35. The standard InChI is InChI=1S/C23H25FN2O5/c1-25(12-13-27)21-20(16-6-9-18(30-2)19(14-16)31-3)22(28)26(23(21)29)11-10-15-4-7-17(24)8-5-15/h4-9,14,27H,10-13H2,1-3H3. The molecule has 0 atom stereocenters. The number of ether oxygens (including phenoxy) is 2. The summed E-state index contributed by atoms with van der Waals surface area (Å²) in [6.45, 7) is 0.170. The fourth-order valence-corrected chi connectivity index (χ4v) is 3.53. The molecular formula is C23H25FN2O5.